The maximum Gasteiger partial charge on any atom is -1.00 e. The van der Waals surface area contributed by atoms with Crippen molar-refractivity contribution in [2.75, 3.05) is 6.61 Å². The monoisotopic (exact) mass is 708 g/mol. The normalized spacial score (nSPS) is 12.5. The number of hydrogen-bond acceptors (Lipinski definition) is 2. The maximum absolute atomic E-state index is 12.4. The summed E-state index contributed by atoms with van der Waals surface area (Å²) in [7, 11) is -8.55. The van der Waals surface area contributed by atoms with Crippen molar-refractivity contribution in [3.63, 3.8) is 0 Å². The summed E-state index contributed by atoms with van der Waals surface area (Å²) in [6.45, 7) is 11.3. The van der Waals surface area contributed by atoms with Crippen LogP contribution in [0, 0.1) is 0 Å². The second-order valence-electron chi connectivity index (χ2n) is 10.1. The summed E-state index contributed by atoms with van der Waals surface area (Å²) in [5, 5.41) is 0. The largest absolute Gasteiger partial charge is 1.00 e. The van der Waals surface area contributed by atoms with Gasteiger partial charge in [-0.25, -0.2) is 0 Å². The van der Waals surface area contributed by atoms with E-state index in [4.69, 9.17) is 4.74 Å². The molecule has 0 atom stereocenters. The number of unbranched alkanes of at least 4 members (excludes halogenated alkanes) is 5. The number of rotatable bonds is 17. The van der Waals surface area contributed by atoms with Crippen molar-refractivity contribution in [1.29, 1.82) is 0 Å². The number of hydrogen-bond donors (Lipinski definition) is 0. The number of carbonyl (C=O) groups is 1. The topological polar surface area (TPSA) is 35.1 Å². The second kappa shape index (κ2) is 19.0. The van der Waals surface area contributed by atoms with Crippen LogP contribution in [0.25, 0.3) is 0 Å². The Balaban J connectivity index is 0.00000195. The molecule has 0 aliphatic carbocycles. The minimum Gasteiger partial charge on any atom is -1.00 e. The van der Waals surface area contributed by atoms with Crippen LogP contribution in [0.1, 0.15) is 89.4 Å². The second-order valence-corrected chi connectivity index (χ2v) is 24.6. The summed E-state index contributed by atoms with van der Waals surface area (Å²) < 4.78 is 64.8. The van der Waals surface area contributed by atoms with Gasteiger partial charge >= 0.3 is 236 Å². The van der Waals surface area contributed by atoms with Gasteiger partial charge in [-0.15, -0.1) is 0 Å². The van der Waals surface area contributed by atoms with E-state index in [0.29, 0.717) is 6.61 Å². The first-order chi connectivity index (χ1) is 18.3. The first-order valence-electron chi connectivity index (χ1n) is 14.3. The summed E-state index contributed by atoms with van der Waals surface area (Å²) in [6.07, 6.45) is 17.0. The van der Waals surface area contributed by atoms with E-state index in [2.05, 4.69) is 66.8 Å². The van der Waals surface area contributed by atoms with Gasteiger partial charge in [-0.05, 0) is 0 Å². The predicted molar refractivity (Wildman–Crippen MR) is 153 cm³/mol. The van der Waals surface area contributed by atoms with Gasteiger partial charge in [0.2, 0.25) is 0 Å². The SMILES string of the molecule is CCC[CH2][Sn]([CH2]CCC)([CH2]CCCCC[n+]1ccn(CC)c1)[c]1cccc(C(=O)OCC)c1.FP(F)(F)(F)F.[F-]. The van der Waals surface area contributed by atoms with Gasteiger partial charge in [-0.1, -0.05) is 0 Å². The number of carbonyl (C=O) groups excluding carboxylic acids is 1. The number of benzene rings is 1. The zero-order valence-corrected chi connectivity index (χ0v) is 28.1. The Labute approximate surface area is 240 Å². The Hall–Kier alpha value is -1.29. The van der Waals surface area contributed by atoms with E-state index in [1.807, 2.05) is 13.0 Å². The third kappa shape index (κ3) is 16.8. The minimum atomic E-state index is -8.55. The summed E-state index contributed by atoms with van der Waals surface area (Å²) >= 11 is -2.59. The summed E-state index contributed by atoms with van der Waals surface area (Å²) in [5.74, 6) is -0.167. The van der Waals surface area contributed by atoms with Crippen molar-refractivity contribution in [2.24, 2.45) is 0 Å². The molecule has 4 nitrogen and oxygen atoms in total. The molecule has 2 rings (SSSR count). The molecule has 232 valence electrons. The molecule has 2 aromatic rings. The Morgan fingerprint density at radius 1 is 0.900 bits per heavy atom. The fourth-order valence-electron chi connectivity index (χ4n) is 4.90. The standard InChI is InChI=1S/C11H20N2.C9H9O2.2C4H9.F5P.FH.Sn/c1-3-5-6-7-8-13-10-9-12(4-2)11-13;1-2-11-9(10)8-6-4-3-5-7-8;2*1-3-4-2;1-6(2,3,4)5;;/h9-11H,1,3-8H2,2H3;3-4,6-7H,2H2,1H3;2*1,3-4H2,2H3;;1H;/q+1;;;;;;/p-1. The zero-order valence-electron chi connectivity index (χ0n) is 24.4. The van der Waals surface area contributed by atoms with E-state index in [-0.39, 0.29) is 10.7 Å². The fourth-order valence-corrected chi connectivity index (χ4v) is 20.6. The van der Waals surface area contributed by atoms with E-state index in [0.717, 1.165) is 18.7 Å². The van der Waals surface area contributed by atoms with Crippen LogP contribution < -0.4 is 12.9 Å². The number of esters is 1. The van der Waals surface area contributed by atoms with Crippen LogP contribution in [0.15, 0.2) is 43.0 Å². The molecule has 0 unspecified atom stereocenters. The van der Waals surface area contributed by atoms with Gasteiger partial charge in [0.05, 0.1) is 0 Å². The van der Waals surface area contributed by atoms with Crippen LogP contribution in [-0.2, 0) is 17.8 Å². The molecule has 0 aliphatic rings. The first-order valence-corrected chi connectivity index (χ1v) is 23.4. The zero-order chi connectivity index (χ0) is 29.4. The third-order valence-corrected chi connectivity index (χ3v) is 22.5. The number of aryl methyl sites for hydroxylation is 2. The molecule has 0 N–H and O–H groups in total. The van der Waals surface area contributed by atoms with Crippen LogP contribution in [0.2, 0.25) is 13.3 Å². The van der Waals surface area contributed by atoms with E-state index in [9.17, 15) is 25.8 Å². The molecule has 1 heterocycles. The van der Waals surface area contributed by atoms with Crippen LogP contribution in [0.4, 0.5) is 21.0 Å². The van der Waals surface area contributed by atoms with Crippen molar-refractivity contribution in [3.05, 3.63) is 48.5 Å². The van der Waals surface area contributed by atoms with Crippen molar-refractivity contribution >= 4 is 36.1 Å². The molecule has 0 fully saturated rings. The molecule has 12 heteroatoms. The van der Waals surface area contributed by atoms with Gasteiger partial charge in [0, 0.05) is 0 Å². The van der Waals surface area contributed by atoms with E-state index in [1.54, 1.807) is 3.58 Å². The van der Waals surface area contributed by atoms with Gasteiger partial charge < -0.3 is 4.70 Å². The first kappa shape index (κ1) is 38.7. The van der Waals surface area contributed by atoms with Gasteiger partial charge in [0.25, 0.3) is 0 Å². The molecular formula is C28H47F6N2O2PSn. The minimum absolute atomic E-state index is 0. The Morgan fingerprint density at radius 2 is 1.48 bits per heavy atom. The van der Waals surface area contributed by atoms with Crippen molar-refractivity contribution in [2.45, 2.75) is 105 Å². The number of aromatic nitrogens is 2. The van der Waals surface area contributed by atoms with Crippen LogP contribution >= 0.6 is 8.16 Å². The molecule has 1 aromatic carbocycles. The average Bonchev–Trinajstić information content (AvgIpc) is 3.34. The van der Waals surface area contributed by atoms with Crippen LogP contribution in [0.3, 0.4) is 0 Å². The molecule has 0 saturated carbocycles. The maximum atomic E-state index is 12.4. The predicted octanol–water partition coefficient (Wildman–Crippen LogP) is 6.46. The van der Waals surface area contributed by atoms with Crippen molar-refractivity contribution < 1.29 is 39.8 Å². The molecule has 0 saturated heterocycles. The molecule has 0 radical (unpaired) electrons. The number of imidazole rings is 1. The molecule has 0 spiro atoms. The van der Waals surface area contributed by atoms with Crippen LogP contribution in [0.5, 0.6) is 0 Å². The number of nitrogens with zero attached hydrogens (tertiary/aromatic N) is 2. The van der Waals surface area contributed by atoms with Crippen molar-refractivity contribution in [1.82, 2.24) is 4.57 Å². The van der Waals surface area contributed by atoms with Crippen molar-refractivity contribution in [3.8, 4) is 0 Å². The van der Waals surface area contributed by atoms with Gasteiger partial charge in [0.15, 0.2) is 0 Å². The molecular weight excluding hydrogens is 660 g/mol. The van der Waals surface area contributed by atoms with E-state index in [1.165, 1.54) is 64.7 Å². The number of ether oxygens (including phenoxy) is 1. The molecule has 0 aliphatic heterocycles. The fraction of sp³-hybridized carbons (Fsp3) is 0.643. The van der Waals surface area contributed by atoms with Gasteiger partial charge in [0.1, 0.15) is 0 Å². The third-order valence-electron chi connectivity index (χ3n) is 6.94. The molecule has 1 aromatic heterocycles. The van der Waals surface area contributed by atoms with Gasteiger partial charge in [-0.3, -0.25) is 0 Å². The molecule has 0 amide bonds. The Kier molecular flexibility index (Phi) is 18.4. The quantitative estimate of drug-likeness (QED) is 0.0473. The summed E-state index contributed by atoms with van der Waals surface area (Å²) in [6, 6.07) is 8.60. The van der Waals surface area contributed by atoms with E-state index < -0.39 is 26.5 Å². The summed E-state index contributed by atoms with van der Waals surface area (Å²) in [4.78, 5) is 12.4. The summed E-state index contributed by atoms with van der Waals surface area (Å²) in [5.41, 5.74) is 0.750. The molecule has 40 heavy (non-hydrogen) atoms. The van der Waals surface area contributed by atoms with E-state index >= 15 is 0 Å². The Morgan fingerprint density at radius 3 is 2.00 bits per heavy atom. The number of halogens is 6. The smallest absolute Gasteiger partial charge is 1.00 e. The molecule has 0 bridgehead atoms. The Bertz CT molecular complexity index is 960. The van der Waals surface area contributed by atoms with Gasteiger partial charge in [-0.2, -0.15) is 0 Å². The average molecular weight is 707 g/mol. The van der Waals surface area contributed by atoms with Crippen LogP contribution in [-0.4, -0.2) is 35.5 Å².